The summed E-state index contributed by atoms with van der Waals surface area (Å²) in [4.78, 5) is 30.3. The van der Waals surface area contributed by atoms with Crippen molar-refractivity contribution in [3.8, 4) is 24.1 Å². The molecular formula is C34H37FN6O4. The van der Waals surface area contributed by atoms with E-state index in [0.717, 1.165) is 83.0 Å². The molecule has 2 bridgehead atoms. The second kappa shape index (κ2) is 11.1. The number of anilines is 2. The van der Waals surface area contributed by atoms with E-state index in [4.69, 9.17) is 25.9 Å². The quantitative estimate of drug-likeness (QED) is 0.390. The molecule has 0 unspecified atom stereocenters. The van der Waals surface area contributed by atoms with Crippen molar-refractivity contribution in [3.63, 3.8) is 0 Å². The fourth-order valence-corrected chi connectivity index (χ4v) is 7.57. The summed E-state index contributed by atoms with van der Waals surface area (Å²) in [6.45, 7) is 6.70. The Labute approximate surface area is 261 Å². The number of piperazine rings is 1. The molecule has 8 rings (SSSR count). The number of carbonyl (C=O) groups excluding carboxylic acids is 1. The number of phenols is 1. The number of benzene rings is 2. The summed E-state index contributed by atoms with van der Waals surface area (Å²) in [6.07, 6.45) is 10.6. The van der Waals surface area contributed by atoms with Gasteiger partial charge >= 0.3 is 6.01 Å². The first-order valence-corrected chi connectivity index (χ1v) is 16.0. The molecule has 5 aliphatic rings. The maximum Gasteiger partial charge on any atom is 0.319 e. The molecule has 0 radical (unpaired) electrons. The van der Waals surface area contributed by atoms with Crippen molar-refractivity contribution in [2.75, 3.05) is 68.9 Å². The molecule has 1 amide bonds. The van der Waals surface area contributed by atoms with E-state index in [2.05, 4.69) is 21.0 Å². The fraction of sp³-hybridized carbons (Fsp3) is 0.500. The summed E-state index contributed by atoms with van der Waals surface area (Å²) in [5, 5.41) is 15.2. The van der Waals surface area contributed by atoms with Gasteiger partial charge in [0.25, 0.3) is 5.91 Å². The maximum atomic E-state index is 14.9. The molecule has 11 heteroatoms. The Balaban J connectivity index is 1.15. The number of terminal acetylenes is 1. The van der Waals surface area contributed by atoms with E-state index >= 15 is 0 Å². The number of rotatable bonds is 7. The lowest BCUT2D eigenvalue weighted by Crippen LogP contribution is -2.52. The molecule has 5 heterocycles. The third-order valence-corrected chi connectivity index (χ3v) is 10.1. The first kappa shape index (κ1) is 28.5. The highest BCUT2D eigenvalue weighted by atomic mass is 19.1. The van der Waals surface area contributed by atoms with E-state index in [9.17, 15) is 14.3 Å². The molecule has 45 heavy (non-hydrogen) atoms. The van der Waals surface area contributed by atoms with Crippen LogP contribution in [0.15, 0.2) is 24.3 Å². The van der Waals surface area contributed by atoms with Gasteiger partial charge in [-0.15, -0.1) is 6.42 Å². The fourth-order valence-electron chi connectivity index (χ4n) is 7.57. The Bertz CT molecular complexity index is 1700. The minimum absolute atomic E-state index is 0.0376. The highest BCUT2D eigenvalue weighted by Crippen LogP contribution is 2.47. The molecule has 0 spiro atoms. The number of ether oxygens (including phenoxy) is 2. The number of aromatic nitrogens is 2. The summed E-state index contributed by atoms with van der Waals surface area (Å²) in [6, 6.07) is 6.81. The molecule has 3 saturated heterocycles. The molecular weight excluding hydrogens is 575 g/mol. The predicted octanol–water partition coefficient (Wildman–Crippen LogP) is 3.09. The molecule has 2 atom stereocenters. The zero-order chi connectivity index (χ0) is 30.7. The second-order valence-corrected chi connectivity index (χ2v) is 13.2. The minimum Gasteiger partial charge on any atom is -0.508 e. The average Bonchev–Trinajstić information content (AvgIpc) is 3.73. The van der Waals surface area contributed by atoms with Crippen LogP contribution in [-0.4, -0.2) is 97.1 Å². The molecule has 1 aromatic heterocycles. The van der Waals surface area contributed by atoms with Gasteiger partial charge < -0.3 is 29.7 Å². The summed E-state index contributed by atoms with van der Waals surface area (Å²) >= 11 is 0. The van der Waals surface area contributed by atoms with E-state index in [1.165, 1.54) is 18.2 Å². The molecule has 1 aliphatic carbocycles. The van der Waals surface area contributed by atoms with E-state index in [0.29, 0.717) is 48.1 Å². The van der Waals surface area contributed by atoms with Crippen LogP contribution >= 0.6 is 0 Å². The third-order valence-electron chi connectivity index (χ3n) is 10.1. The first-order chi connectivity index (χ1) is 21.9. The SMILES string of the molecule is C#Cc1c(F)ccc2cc(O)cc(N3CCc4c(nc(OCC5(CN6CCOCC6)CC5)nc4N4C[C@H]5CC[C@@H](C4)N5)C3=O)c12. The second-order valence-electron chi connectivity index (χ2n) is 13.2. The summed E-state index contributed by atoms with van der Waals surface area (Å²) in [5.74, 6) is 2.27. The lowest BCUT2D eigenvalue weighted by molar-refractivity contribution is 0.0231. The van der Waals surface area contributed by atoms with Crippen molar-refractivity contribution in [2.45, 2.75) is 44.2 Å². The van der Waals surface area contributed by atoms with Crippen molar-refractivity contribution in [2.24, 2.45) is 5.41 Å². The van der Waals surface area contributed by atoms with Gasteiger partial charge in [0.15, 0.2) is 0 Å². The molecule has 10 nitrogen and oxygen atoms in total. The number of halogens is 1. The Morgan fingerprint density at radius 2 is 1.91 bits per heavy atom. The average molecular weight is 613 g/mol. The van der Waals surface area contributed by atoms with Gasteiger partial charge in [-0.3, -0.25) is 9.69 Å². The van der Waals surface area contributed by atoms with Gasteiger partial charge in [-0.2, -0.15) is 9.97 Å². The zero-order valence-corrected chi connectivity index (χ0v) is 25.2. The smallest absolute Gasteiger partial charge is 0.319 e. The van der Waals surface area contributed by atoms with Crippen LogP contribution in [0.1, 0.15) is 47.3 Å². The van der Waals surface area contributed by atoms with E-state index in [1.54, 1.807) is 11.0 Å². The van der Waals surface area contributed by atoms with Crippen molar-refractivity contribution in [1.29, 1.82) is 0 Å². The number of nitrogens with zero attached hydrogens (tertiary/aromatic N) is 5. The molecule has 4 fully saturated rings. The van der Waals surface area contributed by atoms with Crippen LogP contribution in [0.2, 0.25) is 0 Å². The number of hydrogen-bond donors (Lipinski definition) is 2. The number of carbonyl (C=O) groups is 1. The summed E-state index contributed by atoms with van der Waals surface area (Å²) in [7, 11) is 0. The normalized spacial score (nSPS) is 24.0. The van der Waals surface area contributed by atoms with Gasteiger partial charge in [0.1, 0.15) is 23.1 Å². The monoisotopic (exact) mass is 612 g/mol. The van der Waals surface area contributed by atoms with Gasteiger partial charge in [0.05, 0.1) is 31.1 Å². The van der Waals surface area contributed by atoms with Crippen LogP contribution in [0.5, 0.6) is 11.8 Å². The Morgan fingerprint density at radius 3 is 2.64 bits per heavy atom. The standard InChI is InChI=1S/C34H37FN6O4/c1-2-25-27(35)6-3-21-15-24(42)16-28(29(21)25)41-10-7-26-30(32(41)43)37-33(38-31(26)40-17-22-4-5-23(18-40)36-22)45-20-34(8-9-34)19-39-11-13-44-14-12-39/h1,3,6,15-16,22-23,36,42H,4-5,7-14,17-20H2/t22-,23+. The topological polar surface area (TPSA) is 103 Å². The summed E-state index contributed by atoms with van der Waals surface area (Å²) < 4.78 is 26.7. The van der Waals surface area contributed by atoms with E-state index in [1.807, 2.05) is 0 Å². The van der Waals surface area contributed by atoms with Crippen LogP contribution in [0.25, 0.3) is 10.8 Å². The molecule has 4 aliphatic heterocycles. The Morgan fingerprint density at radius 1 is 1.13 bits per heavy atom. The number of aromatic hydroxyl groups is 1. The first-order valence-electron chi connectivity index (χ1n) is 16.0. The van der Waals surface area contributed by atoms with Crippen LogP contribution < -0.4 is 19.9 Å². The zero-order valence-electron chi connectivity index (χ0n) is 25.2. The van der Waals surface area contributed by atoms with Crippen LogP contribution in [0.4, 0.5) is 15.9 Å². The number of morpholine rings is 1. The minimum atomic E-state index is -0.554. The number of amides is 1. The van der Waals surface area contributed by atoms with Gasteiger partial charge in [0.2, 0.25) is 0 Å². The van der Waals surface area contributed by atoms with Gasteiger partial charge in [-0.1, -0.05) is 12.0 Å². The van der Waals surface area contributed by atoms with Gasteiger partial charge in [0, 0.05) is 73.8 Å². The van der Waals surface area contributed by atoms with Gasteiger partial charge in [-0.05, 0) is 49.6 Å². The number of nitrogens with one attached hydrogen (secondary N) is 1. The predicted molar refractivity (Wildman–Crippen MR) is 167 cm³/mol. The van der Waals surface area contributed by atoms with Gasteiger partial charge in [-0.25, -0.2) is 4.39 Å². The van der Waals surface area contributed by atoms with E-state index < -0.39 is 5.82 Å². The highest BCUT2D eigenvalue weighted by Gasteiger charge is 2.45. The molecule has 2 N–H and O–H groups in total. The summed E-state index contributed by atoms with van der Waals surface area (Å²) in [5.41, 5.74) is 1.54. The van der Waals surface area contributed by atoms with Crippen molar-refractivity contribution in [3.05, 3.63) is 46.9 Å². The molecule has 2 aromatic carbocycles. The maximum absolute atomic E-state index is 14.9. The Hall–Kier alpha value is -3.98. The van der Waals surface area contributed by atoms with Crippen molar-refractivity contribution in [1.82, 2.24) is 20.2 Å². The number of phenolic OH excluding ortho intramolecular Hbond substituents is 1. The van der Waals surface area contributed by atoms with Crippen LogP contribution in [0, 0.1) is 23.6 Å². The highest BCUT2D eigenvalue weighted by molar-refractivity contribution is 6.13. The third kappa shape index (κ3) is 5.25. The number of fused-ring (bicyclic) bond motifs is 4. The van der Waals surface area contributed by atoms with Crippen molar-refractivity contribution < 1.29 is 23.8 Å². The number of hydrogen-bond acceptors (Lipinski definition) is 9. The van der Waals surface area contributed by atoms with E-state index in [-0.39, 0.29) is 34.3 Å². The molecule has 1 saturated carbocycles. The lowest BCUT2D eigenvalue weighted by Gasteiger charge is -2.37. The van der Waals surface area contributed by atoms with Crippen LogP contribution in [-0.2, 0) is 11.2 Å². The Kier molecular flexibility index (Phi) is 7.04. The van der Waals surface area contributed by atoms with Crippen LogP contribution in [0.3, 0.4) is 0 Å². The molecule has 3 aromatic rings. The largest absolute Gasteiger partial charge is 0.508 e. The lowest BCUT2D eigenvalue weighted by atomic mass is 9.98. The van der Waals surface area contributed by atoms with Crippen molar-refractivity contribution >= 4 is 28.2 Å². The molecule has 234 valence electrons.